The molecule has 94 valence electrons. The highest BCUT2D eigenvalue weighted by atomic mass is 16.5. The molecule has 0 atom stereocenters. The highest BCUT2D eigenvalue weighted by Crippen LogP contribution is 1.98. The van der Waals surface area contributed by atoms with Gasteiger partial charge < -0.3 is 9.52 Å². The molecule has 0 radical (unpaired) electrons. The van der Waals surface area contributed by atoms with Crippen LogP contribution >= 0.6 is 0 Å². The zero-order chi connectivity index (χ0) is 12.9. The third kappa shape index (κ3) is 2.77. The Balaban J connectivity index is 1.82. The SMILES string of the molecule is c1ccc(CN=c2[n-][n+](-c3ccccc3)no2)cc1. The van der Waals surface area contributed by atoms with E-state index in [-0.39, 0.29) is 5.68 Å². The molecule has 5 nitrogen and oxygen atoms in total. The van der Waals surface area contributed by atoms with Gasteiger partial charge in [0.15, 0.2) is 0 Å². The lowest BCUT2D eigenvalue weighted by molar-refractivity contribution is -0.730. The molecule has 0 spiro atoms. The van der Waals surface area contributed by atoms with Crippen LogP contribution in [0.2, 0.25) is 0 Å². The van der Waals surface area contributed by atoms with E-state index in [9.17, 15) is 0 Å². The fourth-order valence-corrected chi connectivity index (χ4v) is 1.66. The molecule has 1 aromatic heterocycles. The third-order valence-electron chi connectivity index (χ3n) is 2.61. The summed E-state index contributed by atoms with van der Waals surface area (Å²) in [5, 5.41) is 8.00. The van der Waals surface area contributed by atoms with Crippen LogP contribution in [0.4, 0.5) is 0 Å². The van der Waals surface area contributed by atoms with Crippen molar-refractivity contribution in [3.05, 3.63) is 71.9 Å². The molecule has 5 heteroatoms. The van der Waals surface area contributed by atoms with E-state index in [1.165, 1.54) is 4.80 Å². The average molecular weight is 252 g/mol. The minimum atomic E-state index is 0.271. The van der Waals surface area contributed by atoms with Crippen LogP contribution in [-0.4, -0.2) is 5.27 Å². The van der Waals surface area contributed by atoms with Crippen molar-refractivity contribution in [2.75, 3.05) is 0 Å². The Morgan fingerprint density at radius 2 is 1.68 bits per heavy atom. The predicted octanol–water partition coefficient (Wildman–Crippen LogP) is 1.01. The Hall–Kier alpha value is -2.69. The van der Waals surface area contributed by atoms with E-state index in [1.54, 1.807) is 0 Å². The Morgan fingerprint density at radius 1 is 1.00 bits per heavy atom. The number of aromatic nitrogens is 3. The lowest BCUT2D eigenvalue weighted by Gasteiger charge is -1.95. The molecule has 0 saturated heterocycles. The monoisotopic (exact) mass is 252 g/mol. The van der Waals surface area contributed by atoms with Gasteiger partial charge in [0.25, 0.3) is 0 Å². The predicted molar refractivity (Wildman–Crippen MR) is 67.1 cm³/mol. The summed E-state index contributed by atoms with van der Waals surface area (Å²) < 4.78 is 5.08. The van der Waals surface area contributed by atoms with Crippen molar-refractivity contribution in [1.29, 1.82) is 0 Å². The van der Waals surface area contributed by atoms with Crippen molar-refractivity contribution < 1.29 is 9.32 Å². The van der Waals surface area contributed by atoms with Gasteiger partial charge in [-0.1, -0.05) is 53.6 Å². The van der Waals surface area contributed by atoms with E-state index in [4.69, 9.17) is 4.52 Å². The standard InChI is InChI=1S/C14H12N4O/c1-3-7-12(8-4-1)11-15-14-16-18(17-19-14)13-9-5-2-6-10-13/h1-10H,11H2. The zero-order valence-corrected chi connectivity index (χ0v) is 10.2. The Bertz CT molecular complexity index is 701. The topological polar surface area (TPSA) is 56.4 Å². The van der Waals surface area contributed by atoms with Crippen LogP contribution in [0.1, 0.15) is 5.56 Å². The smallest absolute Gasteiger partial charge is 0.247 e. The second-order valence-corrected chi connectivity index (χ2v) is 3.98. The summed E-state index contributed by atoms with van der Waals surface area (Å²) >= 11 is 0. The minimum absolute atomic E-state index is 0.271. The molecule has 0 unspecified atom stereocenters. The lowest BCUT2D eigenvalue weighted by atomic mass is 10.2. The summed E-state index contributed by atoms with van der Waals surface area (Å²) in [5.41, 5.74) is 2.21. The maximum atomic E-state index is 5.08. The number of nitrogens with zero attached hydrogens (tertiary/aromatic N) is 4. The molecular weight excluding hydrogens is 240 g/mol. The number of para-hydroxylation sites is 1. The second-order valence-electron chi connectivity index (χ2n) is 3.98. The Labute approximate surface area is 109 Å². The molecule has 0 amide bonds. The van der Waals surface area contributed by atoms with Crippen molar-refractivity contribution in [3.63, 3.8) is 0 Å². The molecular formula is C14H12N4O. The van der Waals surface area contributed by atoms with Gasteiger partial charge in [-0.3, -0.25) is 0 Å². The van der Waals surface area contributed by atoms with Gasteiger partial charge in [-0.05, 0) is 10.4 Å². The second kappa shape index (κ2) is 5.30. The van der Waals surface area contributed by atoms with Crippen LogP contribution < -0.4 is 15.6 Å². The number of rotatable bonds is 3. The van der Waals surface area contributed by atoms with Crippen molar-refractivity contribution in [2.45, 2.75) is 6.54 Å². The first-order chi connectivity index (χ1) is 9.42. The fraction of sp³-hybridized carbons (Fsp3) is 0.0714. The Kier molecular flexibility index (Phi) is 3.18. The van der Waals surface area contributed by atoms with Gasteiger partial charge in [-0.2, -0.15) is 0 Å². The van der Waals surface area contributed by atoms with E-state index in [2.05, 4.69) is 15.4 Å². The number of hydrogen-bond acceptors (Lipinski definition) is 3. The van der Waals surface area contributed by atoms with Gasteiger partial charge in [-0.15, -0.1) is 0 Å². The first kappa shape index (κ1) is 11.4. The quantitative estimate of drug-likeness (QED) is 0.654. The first-order valence-electron chi connectivity index (χ1n) is 5.95. The fourth-order valence-electron chi connectivity index (χ4n) is 1.66. The summed E-state index contributed by atoms with van der Waals surface area (Å²) in [7, 11) is 0. The van der Waals surface area contributed by atoms with Crippen LogP contribution in [0, 0.1) is 0 Å². The summed E-state index contributed by atoms with van der Waals surface area (Å²) in [5.74, 6) is 0. The minimum Gasteiger partial charge on any atom is -0.361 e. The van der Waals surface area contributed by atoms with Crippen LogP contribution in [0.5, 0.6) is 0 Å². The van der Waals surface area contributed by atoms with Crippen molar-refractivity contribution in [2.24, 2.45) is 4.99 Å². The number of hydrogen-bond donors (Lipinski definition) is 0. The van der Waals surface area contributed by atoms with Gasteiger partial charge in [-0.25, -0.2) is 0 Å². The molecule has 0 N–H and O–H groups in total. The molecule has 0 aliphatic heterocycles. The van der Waals surface area contributed by atoms with Crippen LogP contribution in [-0.2, 0) is 6.54 Å². The lowest BCUT2D eigenvalue weighted by Crippen LogP contribution is -2.40. The van der Waals surface area contributed by atoms with Gasteiger partial charge >= 0.3 is 0 Å². The molecule has 0 aliphatic rings. The molecule has 2 aromatic carbocycles. The zero-order valence-electron chi connectivity index (χ0n) is 10.2. The van der Waals surface area contributed by atoms with E-state index in [0.717, 1.165) is 11.3 Å². The first-order valence-corrected chi connectivity index (χ1v) is 5.95. The van der Waals surface area contributed by atoms with E-state index >= 15 is 0 Å². The highest BCUT2D eigenvalue weighted by molar-refractivity contribution is 5.20. The summed E-state index contributed by atoms with van der Waals surface area (Å²) in [6, 6.07) is 19.5. The maximum absolute atomic E-state index is 5.08. The van der Waals surface area contributed by atoms with E-state index in [0.29, 0.717) is 6.54 Å². The summed E-state index contributed by atoms with van der Waals surface area (Å²) in [4.78, 5) is 5.68. The summed E-state index contributed by atoms with van der Waals surface area (Å²) in [6.45, 7) is 0.526. The van der Waals surface area contributed by atoms with E-state index < -0.39 is 0 Å². The molecule has 0 fully saturated rings. The van der Waals surface area contributed by atoms with Gasteiger partial charge in [0.1, 0.15) is 0 Å². The van der Waals surface area contributed by atoms with Gasteiger partial charge in [0.2, 0.25) is 11.4 Å². The van der Waals surface area contributed by atoms with Crippen molar-refractivity contribution in [1.82, 2.24) is 10.4 Å². The van der Waals surface area contributed by atoms with Crippen LogP contribution in [0.15, 0.2) is 70.2 Å². The molecule has 0 aliphatic carbocycles. The average Bonchev–Trinajstić information content (AvgIpc) is 2.96. The normalized spacial score (nSPS) is 11.7. The van der Waals surface area contributed by atoms with Crippen LogP contribution in [0.3, 0.4) is 0 Å². The van der Waals surface area contributed by atoms with Crippen LogP contribution in [0.25, 0.3) is 5.69 Å². The Morgan fingerprint density at radius 3 is 2.42 bits per heavy atom. The molecule has 3 rings (SSSR count). The third-order valence-corrected chi connectivity index (χ3v) is 2.61. The highest BCUT2D eigenvalue weighted by Gasteiger charge is 2.04. The van der Waals surface area contributed by atoms with Gasteiger partial charge in [0.05, 0.1) is 5.27 Å². The molecule has 3 aromatic rings. The molecule has 19 heavy (non-hydrogen) atoms. The molecule has 1 heterocycles. The van der Waals surface area contributed by atoms with Crippen molar-refractivity contribution >= 4 is 0 Å². The molecule has 0 bridgehead atoms. The summed E-state index contributed by atoms with van der Waals surface area (Å²) in [6.07, 6.45) is 0. The van der Waals surface area contributed by atoms with Crippen molar-refractivity contribution in [3.8, 4) is 5.69 Å². The number of benzene rings is 2. The maximum Gasteiger partial charge on any atom is 0.247 e. The van der Waals surface area contributed by atoms with Gasteiger partial charge in [0, 0.05) is 18.7 Å². The van der Waals surface area contributed by atoms with E-state index in [1.807, 2.05) is 60.7 Å². The molecule has 0 saturated carbocycles. The largest absolute Gasteiger partial charge is 0.361 e.